The molecule has 0 fully saturated rings. The molecule has 3 aromatic rings. The van der Waals surface area contributed by atoms with Crippen LogP contribution in [0.4, 0.5) is 13.2 Å². The Labute approximate surface area is 167 Å². The lowest BCUT2D eigenvalue weighted by Gasteiger charge is -2.15. The molecular formula is C20H15BrF3NOS. The monoisotopic (exact) mass is 453 g/mol. The summed E-state index contributed by atoms with van der Waals surface area (Å²) in [6.07, 6.45) is 1.73. The summed E-state index contributed by atoms with van der Waals surface area (Å²) in [5.74, 6) is -1.59. The van der Waals surface area contributed by atoms with Crippen LogP contribution in [-0.4, -0.2) is 12.1 Å². The molecule has 1 aromatic heterocycles. The maximum Gasteiger partial charge on any atom is 0.174 e. The highest BCUT2D eigenvalue weighted by molar-refractivity contribution is 9.10. The third-order valence-electron chi connectivity index (χ3n) is 4.05. The molecule has 0 atom stereocenters. The van der Waals surface area contributed by atoms with Crippen molar-refractivity contribution in [1.29, 1.82) is 0 Å². The zero-order valence-corrected chi connectivity index (χ0v) is 16.9. The molecule has 1 heterocycles. The Kier molecular flexibility index (Phi) is 6.11. The second-order valence-corrected chi connectivity index (χ2v) is 7.63. The SMILES string of the molecule is COc1ccc(SCc2cnc(Br)cc2C)c(-c2cc(F)ccc2F)c1F. The molecule has 0 saturated carbocycles. The van der Waals surface area contributed by atoms with Crippen LogP contribution in [-0.2, 0) is 5.75 Å². The van der Waals surface area contributed by atoms with Gasteiger partial charge in [-0.05, 0) is 70.4 Å². The highest BCUT2D eigenvalue weighted by atomic mass is 79.9. The summed E-state index contributed by atoms with van der Waals surface area (Å²) in [6, 6.07) is 7.99. The highest BCUT2D eigenvalue weighted by Crippen LogP contribution is 2.40. The minimum atomic E-state index is -0.724. The molecule has 2 nitrogen and oxygen atoms in total. The standard InChI is InChI=1S/C20H15BrF3NOS/c1-11-7-18(21)25-9-12(11)10-27-17-6-5-16(26-2)20(24)19(17)14-8-13(22)3-4-15(14)23/h3-9H,10H2,1-2H3. The van der Waals surface area contributed by atoms with Crippen molar-refractivity contribution in [3.63, 3.8) is 0 Å². The first-order valence-corrected chi connectivity index (χ1v) is 9.74. The Morgan fingerprint density at radius 3 is 2.59 bits per heavy atom. The maximum absolute atomic E-state index is 14.9. The molecule has 0 spiro atoms. The summed E-state index contributed by atoms with van der Waals surface area (Å²) in [5.41, 5.74) is 1.83. The summed E-state index contributed by atoms with van der Waals surface area (Å²) in [6.45, 7) is 1.95. The normalized spacial score (nSPS) is 10.9. The molecular weight excluding hydrogens is 439 g/mol. The van der Waals surface area contributed by atoms with Gasteiger partial charge in [0.1, 0.15) is 16.2 Å². The molecule has 0 aliphatic carbocycles. The van der Waals surface area contributed by atoms with Crippen LogP contribution in [0.15, 0.2) is 52.1 Å². The summed E-state index contributed by atoms with van der Waals surface area (Å²) in [5, 5.41) is 0. The van der Waals surface area contributed by atoms with E-state index in [4.69, 9.17) is 4.74 Å². The van der Waals surface area contributed by atoms with Crippen molar-refractivity contribution in [1.82, 2.24) is 4.98 Å². The minimum Gasteiger partial charge on any atom is -0.494 e. The number of aromatic nitrogens is 1. The Morgan fingerprint density at radius 1 is 1.11 bits per heavy atom. The predicted octanol–water partition coefficient (Wildman–Crippen LogP) is 6.54. The van der Waals surface area contributed by atoms with Gasteiger partial charge in [0.15, 0.2) is 11.6 Å². The largest absolute Gasteiger partial charge is 0.494 e. The fraction of sp³-hybridized carbons (Fsp3) is 0.150. The fourth-order valence-corrected chi connectivity index (χ4v) is 4.18. The number of hydrogen-bond donors (Lipinski definition) is 0. The number of ether oxygens (including phenoxy) is 1. The van der Waals surface area contributed by atoms with E-state index in [1.54, 1.807) is 12.3 Å². The lowest BCUT2D eigenvalue weighted by atomic mass is 10.0. The number of thioether (sulfide) groups is 1. The lowest BCUT2D eigenvalue weighted by Crippen LogP contribution is -1.97. The fourth-order valence-electron chi connectivity index (χ4n) is 2.61. The molecule has 0 saturated heterocycles. The molecule has 7 heteroatoms. The van der Waals surface area contributed by atoms with E-state index >= 15 is 0 Å². The quantitative estimate of drug-likeness (QED) is 0.323. The topological polar surface area (TPSA) is 22.1 Å². The second-order valence-electron chi connectivity index (χ2n) is 5.80. The van der Waals surface area contributed by atoms with Crippen molar-refractivity contribution in [2.45, 2.75) is 17.6 Å². The van der Waals surface area contributed by atoms with E-state index in [9.17, 15) is 13.2 Å². The van der Waals surface area contributed by atoms with Crippen molar-refractivity contribution < 1.29 is 17.9 Å². The van der Waals surface area contributed by atoms with Gasteiger partial charge in [-0.2, -0.15) is 0 Å². The molecule has 140 valence electrons. The third-order valence-corrected chi connectivity index (χ3v) is 5.60. The van der Waals surface area contributed by atoms with Crippen LogP contribution in [0, 0.1) is 24.4 Å². The first-order chi connectivity index (χ1) is 12.9. The number of nitrogens with zero attached hydrogens (tertiary/aromatic N) is 1. The molecule has 2 aromatic carbocycles. The van der Waals surface area contributed by atoms with Gasteiger partial charge in [0.2, 0.25) is 0 Å². The Morgan fingerprint density at radius 2 is 1.89 bits per heavy atom. The van der Waals surface area contributed by atoms with Crippen LogP contribution in [0.1, 0.15) is 11.1 Å². The van der Waals surface area contributed by atoms with Crippen molar-refractivity contribution in [2.75, 3.05) is 7.11 Å². The van der Waals surface area contributed by atoms with Crippen LogP contribution in [0.2, 0.25) is 0 Å². The number of methoxy groups -OCH3 is 1. The van der Waals surface area contributed by atoms with Gasteiger partial charge in [-0.1, -0.05) is 0 Å². The molecule has 0 aliphatic heterocycles. The number of benzene rings is 2. The van der Waals surface area contributed by atoms with Gasteiger partial charge in [0.25, 0.3) is 0 Å². The van der Waals surface area contributed by atoms with E-state index < -0.39 is 17.5 Å². The van der Waals surface area contributed by atoms with Gasteiger partial charge in [0.05, 0.1) is 7.11 Å². The van der Waals surface area contributed by atoms with Gasteiger partial charge in [0, 0.05) is 28.0 Å². The van der Waals surface area contributed by atoms with E-state index in [-0.39, 0.29) is 16.9 Å². The molecule has 0 radical (unpaired) electrons. The van der Waals surface area contributed by atoms with Crippen LogP contribution in [0.3, 0.4) is 0 Å². The highest BCUT2D eigenvalue weighted by Gasteiger charge is 2.20. The van der Waals surface area contributed by atoms with Crippen molar-refractivity contribution in [3.05, 3.63) is 75.8 Å². The molecule has 0 aliphatic rings. The summed E-state index contributed by atoms with van der Waals surface area (Å²) in [4.78, 5) is 4.69. The van der Waals surface area contributed by atoms with E-state index in [1.165, 1.54) is 24.9 Å². The van der Waals surface area contributed by atoms with E-state index in [0.29, 0.717) is 10.6 Å². The van der Waals surface area contributed by atoms with Crippen LogP contribution < -0.4 is 4.74 Å². The molecule has 27 heavy (non-hydrogen) atoms. The van der Waals surface area contributed by atoms with Gasteiger partial charge in [-0.25, -0.2) is 18.2 Å². The average Bonchev–Trinajstić information content (AvgIpc) is 2.63. The number of hydrogen-bond acceptors (Lipinski definition) is 3. The first-order valence-electron chi connectivity index (χ1n) is 7.96. The lowest BCUT2D eigenvalue weighted by molar-refractivity contribution is 0.386. The Balaban J connectivity index is 2.05. The van der Waals surface area contributed by atoms with Gasteiger partial charge in [-0.3, -0.25) is 0 Å². The van der Waals surface area contributed by atoms with Gasteiger partial charge in [-0.15, -0.1) is 11.8 Å². The smallest absolute Gasteiger partial charge is 0.174 e. The Hall–Kier alpha value is -1.99. The van der Waals surface area contributed by atoms with Crippen molar-refractivity contribution in [3.8, 4) is 16.9 Å². The summed E-state index contributed by atoms with van der Waals surface area (Å²) < 4.78 is 48.7. The average molecular weight is 454 g/mol. The molecule has 0 unspecified atom stereocenters. The molecule has 0 amide bonds. The number of aryl methyl sites for hydroxylation is 1. The second kappa shape index (κ2) is 8.35. The van der Waals surface area contributed by atoms with E-state index in [0.717, 1.165) is 33.9 Å². The number of pyridine rings is 1. The zero-order chi connectivity index (χ0) is 19.6. The van der Waals surface area contributed by atoms with Gasteiger partial charge < -0.3 is 4.74 Å². The van der Waals surface area contributed by atoms with Gasteiger partial charge >= 0.3 is 0 Å². The summed E-state index contributed by atoms with van der Waals surface area (Å²) in [7, 11) is 1.33. The zero-order valence-electron chi connectivity index (χ0n) is 14.5. The van der Waals surface area contributed by atoms with Crippen molar-refractivity contribution in [2.24, 2.45) is 0 Å². The van der Waals surface area contributed by atoms with Crippen LogP contribution >= 0.6 is 27.7 Å². The first kappa shape index (κ1) is 19.8. The molecule has 0 bridgehead atoms. The minimum absolute atomic E-state index is 0.0147. The summed E-state index contributed by atoms with van der Waals surface area (Å²) >= 11 is 4.64. The van der Waals surface area contributed by atoms with E-state index in [1.807, 2.05) is 13.0 Å². The van der Waals surface area contributed by atoms with Crippen molar-refractivity contribution >= 4 is 27.7 Å². The molecule has 0 N–H and O–H groups in total. The van der Waals surface area contributed by atoms with E-state index in [2.05, 4.69) is 20.9 Å². The number of halogens is 4. The Bertz CT molecular complexity index is 997. The predicted molar refractivity (Wildman–Crippen MR) is 105 cm³/mol. The molecule has 3 rings (SSSR count). The number of rotatable bonds is 5. The third kappa shape index (κ3) is 4.30. The maximum atomic E-state index is 14.9. The van der Waals surface area contributed by atoms with Crippen LogP contribution in [0.25, 0.3) is 11.1 Å². The van der Waals surface area contributed by atoms with Crippen LogP contribution in [0.5, 0.6) is 5.75 Å².